The maximum absolute atomic E-state index is 6.18. The Morgan fingerprint density at radius 3 is 2.37 bits per heavy atom. The number of nitrogen functional groups attached to an aromatic ring is 1. The maximum Gasteiger partial charge on any atom is 0.213 e. The summed E-state index contributed by atoms with van der Waals surface area (Å²) in [5.74, 6) is 7.13. The topological polar surface area (TPSA) is 116 Å². The Balaban J connectivity index is 1.63. The minimum absolute atomic E-state index is 0.348. The van der Waals surface area contributed by atoms with Crippen LogP contribution in [0.1, 0.15) is 11.1 Å². The number of allylic oxidation sites excluding steroid dienone is 1. The van der Waals surface area contributed by atoms with Crippen LogP contribution in [0.5, 0.6) is 5.88 Å². The number of benzene rings is 1. The van der Waals surface area contributed by atoms with E-state index in [1.54, 1.807) is 24.5 Å². The van der Waals surface area contributed by atoms with Crippen LogP contribution in [0.4, 0.5) is 11.5 Å². The quantitative estimate of drug-likeness (QED) is 0.436. The lowest BCUT2D eigenvalue weighted by Gasteiger charge is -2.22. The molecule has 0 saturated carbocycles. The van der Waals surface area contributed by atoms with Gasteiger partial charge in [0.15, 0.2) is 0 Å². The van der Waals surface area contributed by atoms with Crippen LogP contribution in [0.25, 0.3) is 0 Å². The molecule has 3 aromatic rings. The van der Waals surface area contributed by atoms with E-state index in [1.165, 1.54) is 11.2 Å². The van der Waals surface area contributed by atoms with Crippen molar-refractivity contribution >= 4 is 11.5 Å². The molecule has 0 fully saturated rings. The van der Waals surface area contributed by atoms with E-state index >= 15 is 0 Å². The number of nitrogens with zero attached hydrogens (tertiary/aromatic N) is 3. The molecule has 0 aliphatic rings. The van der Waals surface area contributed by atoms with Crippen molar-refractivity contribution in [3.63, 3.8) is 0 Å². The first-order chi connectivity index (χ1) is 13.2. The molecule has 2 aromatic heterocycles. The molecule has 0 amide bonds. The average Bonchev–Trinajstić information content (AvgIpc) is 2.72. The number of pyridine rings is 2. The number of ether oxygens (including phenoxy) is 1. The monoisotopic (exact) mass is 362 g/mol. The van der Waals surface area contributed by atoms with Crippen molar-refractivity contribution in [2.45, 2.75) is 13.0 Å². The van der Waals surface area contributed by atoms with Gasteiger partial charge >= 0.3 is 0 Å². The van der Waals surface area contributed by atoms with Crippen LogP contribution in [-0.4, -0.2) is 9.97 Å². The third-order valence-electron chi connectivity index (χ3n) is 4.01. The van der Waals surface area contributed by atoms with E-state index < -0.39 is 0 Å². The third kappa shape index (κ3) is 4.74. The van der Waals surface area contributed by atoms with Crippen molar-refractivity contribution in [3.8, 4) is 5.88 Å². The van der Waals surface area contributed by atoms with Gasteiger partial charge in [0, 0.05) is 31.1 Å². The largest absolute Gasteiger partial charge is 0.473 e. The molecule has 0 spiro atoms. The highest BCUT2D eigenvalue weighted by Gasteiger charge is 2.12. The second-order valence-electron chi connectivity index (χ2n) is 5.89. The number of aromatic nitrogens is 2. The summed E-state index contributed by atoms with van der Waals surface area (Å²) < 4.78 is 5.65. The molecule has 0 aliphatic carbocycles. The second-order valence-corrected chi connectivity index (χ2v) is 5.89. The van der Waals surface area contributed by atoms with E-state index in [2.05, 4.69) is 9.97 Å². The van der Waals surface area contributed by atoms with Crippen molar-refractivity contribution in [2.75, 3.05) is 10.7 Å². The van der Waals surface area contributed by atoms with Gasteiger partial charge in [0.2, 0.25) is 5.88 Å². The van der Waals surface area contributed by atoms with E-state index in [0.29, 0.717) is 36.1 Å². The normalized spacial score (nSPS) is 11.2. The van der Waals surface area contributed by atoms with Gasteiger partial charge in [-0.3, -0.25) is 5.01 Å². The molecule has 0 unspecified atom stereocenters. The lowest BCUT2D eigenvalue weighted by Crippen LogP contribution is -2.32. The fraction of sp³-hybridized carbons (Fsp3) is 0.100. The highest BCUT2D eigenvalue weighted by atomic mass is 16.5. The fourth-order valence-corrected chi connectivity index (χ4v) is 2.54. The van der Waals surface area contributed by atoms with Gasteiger partial charge in [0.1, 0.15) is 12.4 Å². The first-order valence-corrected chi connectivity index (χ1v) is 8.45. The van der Waals surface area contributed by atoms with Gasteiger partial charge < -0.3 is 16.2 Å². The van der Waals surface area contributed by atoms with Crippen molar-refractivity contribution < 1.29 is 4.74 Å². The Kier molecular flexibility index (Phi) is 5.86. The molecule has 6 N–H and O–H groups in total. The summed E-state index contributed by atoms with van der Waals surface area (Å²) in [6, 6.07) is 17.2. The van der Waals surface area contributed by atoms with Crippen LogP contribution in [0, 0.1) is 0 Å². The molecule has 3 rings (SSSR count). The van der Waals surface area contributed by atoms with E-state index in [0.717, 1.165) is 11.1 Å². The average molecular weight is 362 g/mol. The zero-order valence-electron chi connectivity index (χ0n) is 14.8. The van der Waals surface area contributed by atoms with Crippen LogP contribution in [0.3, 0.4) is 0 Å². The Hall–Kier alpha value is -3.58. The van der Waals surface area contributed by atoms with Crippen LogP contribution in [0.15, 0.2) is 78.9 Å². The summed E-state index contributed by atoms with van der Waals surface area (Å²) in [5, 5.41) is 1.46. The van der Waals surface area contributed by atoms with Gasteiger partial charge in [-0.1, -0.05) is 30.3 Å². The second kappa shape index (κ2) is 8.68. The Labute approximate surface area is 158 Å². The summed E-state index contributed by atoms with van der Waals surface area (Å²) in [4.78, 5) is 8.19. The van der Waals surface area contributed by atoms with Gasteiger partial charge in [-0.25, -0.2) is 15.8 Å². The van der Waals surface area contributed by atoms with E-state index in [9.17, 15) is 0 Å². The zero-order chi connectivity index (χ0) is 19.1. The molecule has 0 aliphatic heterocycles. The number of hydrazine groups is 1. The lowest BCUT2D eigenvalue weighted by atomic mass is 10.1. The zero-order valence-corrected chi connectivity index (χ0v) is 14.8. The van der Waals surface area contributed by atoms with Crippen LogP contribution in [0.2, 0.25) is 0 Å². The highest BCUT2D eigenvalue weighted by Crippen LogP contribution is 2.22. The molecule has 0 saturated heterocycles. The van der Waals surface area contributed by atoms with Crippen molar-refractivity contribution in [2.24, 2.45) is 11.6 Å². The molecule has 0 bridgehead atoms. The molecule has 2 heterocycles. The minimum Gasteiger partial charge on any atom is -0.473 e. The Morgan fingerprint density at radius 2 is 1.70 bits per heavy atom. The molecule has 138 valence electrons. The van der Waals surface area contributed by atoms with Gasteiger partial charge in [-0.15, -0.1) is 0 Å². The van der Waals surface area contributed by atoms with Crippen molar-refractivity contribution in [3.05, 3.63) is 90.0 Å². The van der Waals surface area contributed by atoms with Gasteiger partial charge in [-0.05, 0) is 29.3 Å². The number of anilines is 2. The Bertz CT molecular complexity index is 896. The molecular weight excluding hydrogens is 340 g/mol. The predicted octanol–water partition coefficient (Wildman–Crippen LogP) is 2.36. The van der Waals surface area contributed by atoms with Crippen LogP contribution in [-0.2, 0) is 13.0 Å². The smallest absolute Gasteiger partial charge is 0.213 e. The number of rotatable bonds is 7. The van der Waals surface area contributed by atoms with E-state index in [1.807, 2.05) is 42.5 Å². The Morgan fingerprint density at radius 1 is 0.963 bits per heavy atom. The lowest BCUT2D eigenvalue weighted by molar-refractivity contribution is 0.294. The maximum atomic E-state index is 6.18. The van der Waals surface area contributed by atoms with Gasteiger partial charge in [0.05, 0.1) is 11.4 Å². The molecule has 7 nitrogen and oxygen atoms in total. The summed E-state index contributed by atoms with van der Waals surface area (Å²) in [7, 11) is 0. The first-order valence-electron chi connectivity index (χ1n) is 8.45. The number of hydrogen-bond acceptors (Lipinski definition) is 7. The predicted molar refractivity (Wildman–Crippen MR) is 106 cm³/mol. The van der Waals surface area contributed by atoms with Crippen LogP contribution >= 0.6 is 0 Å². The molecule has 1 aromatic carbocycles. The number of nitrogens with two attached hydrogens (primary N) is 3. The van der Waals surface area contributed by atoms with Gasteiger partial charge in [-0.2, -0.15) is 0 Å². The summed E-state index contributed by atoms with van der Waals surface area (Å²) in [6.07, 6.45) is 5.35. The minimum atomic E-state index is 0.348. The summed E-state index contributed by atoms with van der Waals surface area (Å²) >= 11 is 0. The summed E-state index contributed by atoms with van der Waals surface area (Å²) in [5.41, 5.74) is 15.1. The molecule has 7 heteroatoms. The first kappa shape index (κ1) is 18.2. The summed E-state index contributed by atoms with van der Waals surface area (Å²) in [6.45, 7) is 0.451. The van der Waals surface area contributed by atoms with E-state index in [4.69, 9.17) is 22.0 Å². The highest BCUT2D eigenvalue weighted by molar-refractivity contribution is 5.65. The van der Waals surface area contributed by atoms with E-state index in [-0.39, 0.29) is 0 Å². The van der Waals surface area contributed by atoms with Crippen LogP contribution < -0.4 is 27.1 Å². The van der Waals surface area contributed by atoms with Crippen molar-refractivity contribution in [1.29, 1.82) is 0 Å². The molecule has 0 radical (unpaired) electrons. The molecule has 0 atom stereocenters. The van der Waals surface area contributed by atoms with Crippen molar-refractivity contribution in [1.82, 2.24) is 9.97 Å². The molecular formula is C20H22N6O. The fourth-order valence-electron chi connectivity index (χ4n) is 2.54. The SMILES string of the molecule is N/C=C(/Cc1ccc(COc2ccccn2)cc1)N(N)c1cccnc1N. The van der Waals surface area contributed by atoms with Gasteiger partial charge in [0.25, 0.3) is 0 Å². The standard InChI is InChI=1S/C20H22N6O/c21-13-17(26(23)18-4-3-11-25-20(18)22)12-15-6-8-16(9-7-15)14-27-19-5-1-2-10-24-19/h1-11,13H,12,14,21,23H2,(H2,22,25)/b17-13-. The number of hydrogen-bond donors (Lipinski definition) is 3. The molecule has 27 heavy (non-hydrogen) atoms. The third-order valence-corrected chi connectivity index (χ3v) is 4.01.